The van der Waals surface area contributed by atoms with Crippen molar-refractivity contribution < 1.29 is 23.9 Å². The first kappa shape index (κ1) is 43.1. The molecule has 5 atom stereocenters. The summed E-state index contributed by atoms with van der Waals surface area (Å²) in [6.07, 6.45) is 14.7. The monoisotopic (exact) mass is 768 g/mol. The zero-order chi connectivity index (χ0) is 39.7. The summed E-state index contributed by atoms with van der Waals surface area (Å²) in [7, 11) is 1.29. The number of hydrogen-bond donors (Lipinski definition) is 0. The Labute approximate surface area is 348 Å². The van der Waals surface area contributed by atoms with Gasteiger partial charge < -0.3 is 29.7 Å². The smallest absolute Gasteiger partial charge is 0.664 e. The minimum Gasteiger partial charge on any atom is -0.664 e. The average molecular weight is 769 g/mol. The molecule has 56 heavy (non-hydrogen) atoms. The number of ketones is 1. The molecule has 5 heterocycles. The van der Waals surface area contributed by atoms with E-state index in [1.165, 1.54) is 26.4 Å². The predicted molar refractivity (Wildman–Crippen MR) is 223 cm³/mol. The van der Waals surface area contributed by atoms with Gasteiger partial charge in [-0.3, -0.25) is 14.4 Å². The number of rotatable bonds is 14. The Balaban J connectivity index is 0.00000600. The van der Waals surface area contributed by atoms with Crippen molar-refractivity contribution >= 4 is 70.7 Å². The van der Waals surface area contributed by atoms with E-state index in [1.807, 2.05) is 38.2 Å². The third kappa shape index (κ3) is 8.19. The predicted octanol–water partition coefficient (Wildman–Crippen LogP) is 7.22. The second-order valence-corrected chi connectivity index (χ2v) is 15.9. The molecule has 10 heteroatoms. The van der Waals surface area contributed by atoms with Gasteiger partial charge in [-0.2, -0.15) is 11.4 Å². The zero-order valence-corrected chi connectivity index (χ0v) is 36.2. The van der Waals surface area contributed by atoms with Gasteiger partial charge in [0.15, 0.2) is 5.78 Å². The fraction of sp³-hybridized carbons (Fsp3) is 0.500. The molecule has 3 aromatic rings. The van der Waals surface area contributed by atoms with Crippen molar-refractivity contribution in [2.24, 2.45) is 29.6 Å². The van der Waals surface area contributed by atoms with E-state index >= 15 is 0 Å². The number of esters is 2. The number of fused-ring (bicyclic) bond motifs is 7. The van der Waals surface area contributed by atoms with Crippen LogP contribution in [-0.2, 0) is 25.5 Å². The van der Waals surface area contributed by atoms with Gasteiger partial charge in [0.1, 0.15) is 5.92 Å². The molecule has 1 unspecified atom stereocenters. The van der Waals surface area contributed by atoms with Crippen LogP contribution >= 0.6 is 0 Å². The fourth-order valence-corrected chi connectivity index (χ4v) is 8.53. The van der Waals surface area contributed by atoms with Crippen molar-refractivity contribution in [3.8, 4) is 0 Å². The Bertz CT molecular complexity index is 2200. The van der Waals surface area contributed by atoms with E-state index in [0.717, 1.165) is 75.2 Å². The summed E-state index contributed by atoms with van der Waals surface area (Å²) in [4.78, 5) is 56.2. The van der Waals surface area contributed by atoms with Crippen LogP contribution in [0.25, 0.3) is 35.2 Å². The maximum atomic E-state index is 14.3. The summed E-state index contributed by atoms with van der Waals surface area (Å²) < 4.78 is 11.0. The van der Waals surface area contributed by atoms with Crippen LogP contribution < -0.4 is 25.7 Å². The van der Waals surface area contributed by atoms with Gasteiger partial charge >= 0.3 is 35.0 Å². The molecule has 0 saturated carbocycles. The molecule has 0 spiro atoms. The summed E-state index contributed by atoms with van der Waals surface area (Å²) in [5, 5.41) is 6.81. The van der Waals surface area contributed by atoms with Gasteiger partial charge in [0.2, 0.25) is 0 Å². The van der Waals surface area contributed by atoms with Gasteiger partial charge in [0, 0.05) is 12.0 Å². The molecule has 6 rings (SSSR count). The molecule has 3 aliphatic rings. The standard InChI is InChI=1S/C46H57N4O5.Mg/c1-11-24(4)15-14-16-25(5)19-20-55-39(51)18-17-32-28(8)35-21-33-26(6)30(12-2)37(47-33)22-34-27(7)31(13-3)38(48-34)23-36-29(9)40-44(50-36)41(43(32)49-35)42(45(40)52)46(53)54-10;/h12,21-25,28,32,42H,2,11,13-20H2,1,3-10H3,(H-,49,50,52);/q-3;+2/p-1/b34-22-,35-21-,38-23-;/t24-,25?,28+,32+,42-;/m1./s1. The Morgan fingerprint density at radius 2 is 1.61 bits per heavy atom. The largest absolute Gasteiger partial charge is 2.00 e. The normalized spacial score (nSPS) is 22.8. The first-order valence-electron chi connectivity index (χ1n) is 20.1. The molecule has 0 radical (unpaired) electrons. The molecule has 0 aromatic carbocycles. The Morgan fingerprint density at radius 1 is 0.911 bits per heavy atom. The SMILES string of the molecule is C=Cc1c2[n-]c(c1C)/C=C1\[N-]/C(=C3\c4[n-]c(c(C)c4C(=O)[C@@H]3C(=O)OC)/C=c3\[n-]/c(c(C)c3CC)=C\2)[C@@H](CCC(=O)OCCC(C)CCC[C@H](C)CC)[C@@H]1C.[Mg+2]. The fourth-order valence-electron chi connectivity index (χ4n) is 8.53. The molecular weight excluding hydrogens is 713 g/mol. The van der Waals surface area contributed by atoms with E-state index in [4.69, 9.17) is 29.7 Å². The average Bonchev–Trinajstić information content (AvgIpc) is 3.90. The van der Waals surface area contributed by atoms with Crippen molar-refractivity contribution in [3.05, 3.63) is 90.1 Å². The topological polar surface area (TPSA) is 126 Å². The molecule has 1 saturated heterocycles. The quantitative estimate of drug-likeness (QED) is 0.0957. The molecule has 3 aromatic heterocycles. The summed E-state index contributed by atoms with van der Waals surface area (Å²) in [6, 6.07) is 0. The molecule has 0 N–H and O–H groups in total. The van der Waals surface area contributed by atoms with Crippen LogP contribution in [0.3, 0.4) is 0 Å². The molecule has 294 valence electrons. The van der Waals surface area contributed by atoms with Crippen LogP contribution in [-0.4, -0.2) is 54.5 Å². The molecule has 8 bridgehead atoms. The van der Waals surface area contributed by atoms with Gasteiger partial charge in [0.25, 0.3) is 0 Å². The summed E-state index contributed by atoms with van der Waals surface area (Å²) in [6.45, 7) is 21.4. The van der Waals surface area contributed by atoms with Crippen molar-refractivity contribution in [1.82, 2.24) is 15.0 Å². The minimum absolute atomic E-state index is 0. The number of carbonyl (C=O) groups excluding carboxylic acids is 3. The van der Waals surface area contributed by atoms with Crippen LogP contribution in [0.15, 0.2) is 18.0 Å². The maximum absolute atomic E-state index is 14.3. The zero-order valence-electron chi connectivity index (χ0n) is 34.8. The third-order valence-electron chi connectivity index (χ3n) is 12.4. The molecule has 9 nitrogen and oxygen atoms in total. The molecule has 1 fully saturated rings. The minimum atomic E-state index is -1.21. The van der Waals surface area contributed by atoms with Crippen LogP contribution in [0, 0.1) is 50.4 Å². The van der Waals surface area contributed by atoms with Gasteiger partial charge in [-0.15, -0.1) is 33.5 Å². The van der Waals surface area contributed by atoms with Gasteiger partial charge in [0.05, 0.1) is 13.7 Å². The number of ether oxygens (including phenoxy) is 2. The van der Waals surface area contributed by atoms with Crippen LogP contribution in [0.4, 0.5) is 0 Å². The summed E-state index contributed by atoms with van der Waals surface area (Å²) in [5.41, 5.74) is 9.52. The second kappa shape index (κ2) is 18.1. The number of allylic oxidation sites excluding steroid dienone is 2. The molecule has 1 aliphatic carbocycles. The van der Waals surface area contributed by atoms with E-state index in [1.54, 1.807) is 0 Å². The van der Waals surface area contributed by atoms with Crippen LogP contribution in [0.1, 0.15) is 141 Å². The Hall–Kier alpha value is -4.02. The third-order valence-corrected chi connectivity index (χ3v) is 12.4. The Kier molecular flexibility index (Phi) is 13.9. The number of carbonyl (C=O) groups is 3. The van der Waals surface area contributed by atoms with E-state index in [-0.39, 0.29) is 53.1 Å². The Morgan fingerprint density at radius 3 is 2.29 bits per heavy atom. The molecular formula is C46H56MgN4O5-2. The van der Waals surface area contributed by atoms with Gasteiger partial charge in [-0.1, -0.05) is 119 Å². The summed E-state index contributed by atoms with van der Waals surface area (Å²) >= 11 is 0. The van der Waals surface area contributed by atoms with Crippen molar-refractivity contribution in [2.45, 2.75) is 107 Å². The number of aromatic nitrogens is 3. The van der Waals surface area contributed by atoms with E-state index in [2.05, 4.69) is 48.1 Å². The van der Waals surface area contributed by atoms with Crippen molar-refractivity contribution in [2.75, 3.05) is 13.7 Å². The van der Waals surface area contributed by atoms with Gasteiger partial charge in [-0.05, 0) is 69.3 Å². The van der Waals surface area contributed by atoms with Gasteiger partial charge in [-0.25, -0.2) is 0 Å². The van der Waals surface area contributed by atoms with E-state index < -0.39 is 11.9 Å². The number of methoxy groups -OCH3 is 1. The first-order valence-corrected chi connectivity index (χ1v) is 20.1. The summed E-state index contributed by atoms with van der Waals surface area (Å²) in [5.74, 6) is -1.73. The number of nitrogens with zero attached hydrogens (tertiary/aromatic N) is 4. The van der Waals surface area contributed by atoms with Crippen LogP contribution in [0.2, 0.25) is 0 Å². The maximum Gasteiger partial charge on any atom is 2.00 e. The van der Waals surface area contributed by atoms with E-state index in [9.17, 15) is 14.4 Å². The van der Waals surface area contributed by atoms with Crippen molar-refractivity contribution in [1.29, 1.82) is 0 Å². The number of Topliss-reactive ketones (excluding diaryl/α,β-unsaturated/α-hetero) is 1. The molecule has 2 aliphatic heterocycles. The number of hydrogen-bond acceptors (Lipinski definition) is 5. The van der Waals surface area contributed by atoms with E-state index in [0.29, 0.717) is 52.7 Å². The molecule has 0 amide bonds. The first-order chi connectivity index (χ1) is 26.3. The second-order valence-electron chi connectivity index (χ2n) is 15.9. The van der Waals surface area contributed by atoms with Crippen LogP contribution in [0.5, 0.6) is 0 Å². The van der Waals surface area contributed by atoms with Crippen molar-refractivity contribution in [3.63, 3.8) is 0 Å².